The third-order valence-electron chi connectivity index (χ3n) is 3.81. The van der Waals surface area contributed by atoms with Crippen LogP contribution in [0.5, 0.6) is 0 Å². The van der Waals surface area contributed by atoms with E-state index in [0.717, 1.165) is 29.0 Å². The highest BCUT2D eigenvalue weighted by Crippen LogP contribution is 2.27. The molecular formula is C15H19BrN4O2S. The van der Waals surface area contributed by atoms with E-state index in [2.05, 4.69) is 36.7 Å². The van der Waals surface area contributed by atoms with E-state index in [1.165, 1.54) is 12.8 Å². The van der Waals surface area contributed by atoms with Crippen LogP contribution in [0.25, 0.3) is 10.7 Å². The fraction of sp³-hybridized carbons (Fsp3) is 0.533. The minimum absolute atomic E-state index is 0.0363. The second-order valence-electron chi connectivity index (χ2n) is 5.66. The Hall–Kier alpha value is -1.25. The molecule has 1 amide bonds. The van der Waals surface area contributed by atoms with Crippen LogP contribution in [-0.2, 0) is 11.2 Å². The van der Waals surface area contributed by atoms with Gasteiger partial charge in [0.05, 0.1) is 4.88 Å². The minimum atomic E-state index is 0.0363. The number of thiophene rings is 1. The number of hydrogen-bond acceptors (Lipinski definition) is 6. The molecule has 0 bridgehead atoms. The van der Waals surface area contributed by atoms with E-state index in [9.17, 15) is 4.79 Å². The summed E-state index contributed by atoms with van der Waals surface area (Å²) in [5, 5.41) is 12.3. The summed E-state index contributed by atoms with van der Waals surface area (Å²) in [6.07, 6.45) is 3.20. The number of rotatable bonds is 6. The molecule has 1 fully saturated rings. The molecule has 2 aromatic rings. The summed E-state index contributed by atoms with van der Waals surface area (Å²) < 4.78 is 6.21. The first kappa shape index (κ1) is 16.6. The van der Waals surface area contributed by atoms with E-state index in [4.69, 9.17) is 4.52 Å². The van der Waals surface area contributed by atoms with Gasteiger partial charge in [0, 0.05) is 29.2 Å². The summed E-state index contributed by atoms with van der Waals surface area (Å²) in [4.78, 5) is 17.2. The Kier molecular flexibility index (Phi) is 5.80. The molecule has 23 heavy (non-hydrogen) atoms. The highest BCUT2D eigenvalue weighted by Gasteiger charge is 2.15. The van der Waals surface area contributed by atoms with Gasteiger partial charge in [-0.25, -0.2) is 0 Å². The molecule has 1 saturated heterocycles. The van der Waals surface area contributed by atoms with Crippen LogP contribution >= 0.6 is 27.3 Å². The number of hydrogen-bond donors (Lipinski definition) is 2. The predicted molar refractivity (Wildman–Crippen MR) is 92.2 cm³/mol. The Morgan fingerprint density at radius 2 is 2.48 bits per heavy atom. The summed E-state index contributed by atoms with van der Waals surface area (Å²) >= 11 is 4.95. The largest absolute Gasteiger partial charge is 0.356 e. The maximum absolute atomic E-state index is 11.9. The third-order valence-corrected chi connectivity index (χ3v) is 5.50. The zero-order valence-electron chi connectivity index (χ0n) is 12.7. The van der Waals surface area contributed by atoms with Crippen molar-refractivity contribution in [3.63, 3.8) is 0 Å². The molecular weight excluding hydrogens is 380 g/mol. The lowest BCUT2D eigenvalue weighted by atomic mass is 10.00. The Morgan fingerprint density at radius 1 is 1.57 bits per heavy atom. The molecule has 0 saturated carbocycles. The Morgan fingerprint density at radius 3 is 3.22 bits per heavy atom. The molecule has 1 aliphatic rings. The van der Waals surface area contributed by atoms with Crippen LogP contribution in [0, 0.1) is 5.92 Å². The standard InChI is InChI=1S/C15H19BrN4O2S/c16-11-6-12(23-9-11)15-19-14(22-20-15)4-3-13(21)18-8-10-2-1-5-17-7-10/h6,9-10,17H,1-5,7-8H2,(H,18,21). The van der Waals surface area contributed by atoms with Crippen molar-refractivity contribution in [1.29, 1.82) is 0 Å². The van der Waals surface area contributed by atoms with E-state index in [1.807, 2.05) is 11.4 Å². The predicted octanol–water partition coefficient (Wildman–Crippen LogP) is 2.61. The van der Waals surface area contributed by atoms with Crippen molar-refractivity contribution < 1.29 is 9.32 Å². The van der Waals surface area contributed by atoms with Crippen LogP contribution in [0.3, 0.4) is 0 Å². The fourth-order valence-corrected chi connectivity index (χ4v) is 3.90. The van der Waals surface area contributed by atoms with Gasteiger partial charge >= 0.3 is 0 Å². The second-order valence-corrected chi connectivity index (χ2v) is 7.48. The summed E-state index contributed by atoms with van der Waals surface area (Å²) in [6, 6.07) is 1.95. The van der Waals surface area contributed by atoms with E-state index >= 15 is 0 Å². The molecule has 2 aromatic heterocycles. The molecule has 6 nitrogen and oxygen atoms in total. The number of amides is 1. The van der Waals surface area contributed by atoms with Gasteiger partial charge in [0.1, 0.15) is 0 Å². The van der Waals surface area contributed by atoms with E-state index < -0.39 is 0 Å². The van der Waals surface area contributed by atoms with Crippen LogP contribution < -0.4 is 10.6 Å². The van der Waals surface area contributed by atoms with Gasteiger partial charge in [0.2, 0.25) is 17.6 Å². The maximum Gasteiger partial charge on any atom is 0.227 e. The Balaban J connectivity index is 1.43. The monoisotopic (exact) mass is 398 g/mol. The molecule has 0 spiro atoms. The number of aryl methyl sites for hydroxylation is 1. The van der Waals surface area contributed by atoms with Gasteiger partial charge in [-0.05, 0) is 53.8 Å². The lowest BCUT2D eigenvalue weighted by Crippen LogP contribution is -2.38. The van der Waals surface area contributed by atoms with Crippen LogP contribution in [0.2, 0.25) is 0 Å². The number of aromatic nitrogens is 2. The summed E-state index contributed by atoms with van der Waals surface area (Å²) in [5.41, 5.74) is 0. The van der Waals surface area contributed by atoms with Gasteiger partial charge in [-0.1, -0.05) is 5.16 Å². The lowest BCUT2D eigenvalue weighted by Gasteiger charge is -2.22. The van der Waals surface area contributed by atoms with Crippen LogP contribution in [0.15, 0.2) is 20.4 Å². The molecule has 1 aliphatic heterocycles. The van der Waals surface area contributed by atoms with Crippen LogP contribution in [0.4, 0.5) is 0 Å². The van der Waals surface area contributed by atoms with E-state index in [1.54, 1.807) is 11.3 Å². The normalized spacial score (nSPS) is 18.0. The zero-order chi connectivity index (χ0) is 16.1. The smallest absolute Gasteiger partial charge is 0.227 e. The Bertz CT molecular complexity index is 651. The van der Waals surface area contributed by atoms with Crippen molar-refractivity contribution in [2.24, 2.45) is 5.92 Å². The highest BCUT2D eigenvalue weighted by atomic mass is 79.9. The molecule has 0 radical (unpaired) electrons. The molecule has 1 atom stereocenters. The van der Waals surface area contributed by atoms with Gasteiger partial charge in [-0.3, -0.25) is 4.79 Å². The van der Waals surface area contributed by atoms with Gasteiger partial charge in [-0.2, -0.15) is 4.98 Å². The number of carbonyl (C=O) groups excluding carboxylic acids is 1. The maximum atomic E-state index is 11.9. The summed E-state index contributed by atoms with van der Waals surface area (Å²) in [5.74, 6) is 1.65. The molecule has 3 heterocycles. The molecule has 3 rings (SSSR count). The van der Waals surface area contributed by atoms with Gasteiger partial charge < -0.3 is 15.2 Å². The van der Waals surface area contributed by atoms with E-state index in [-0.39, 0.29) is 5.91 Å². The molecule has 0 aromatic carbocycles. The number of piperidine rings is 1. The average Bonchev–Trinajstić information content (AvgIpc) is 3.20. The number of nitrogens with one attached hydrogen (secondary N) is 2. The van der Waals surface area contributed by atoms with Crippen molar-refractivity contribution in [1.82, 2.24) is 20.8 Å². The number of nitrogens with zero attached hydrogens (tertiary/aromatic N) is 2. The highest BCUT2D eigenvalue weighted by molar-refractivity contribution is 9.10. The summed E-state index contributed by atoms with van der Waals surface area (Å²) in [6.45, 7) is 2.82. The topological polar surface area (TPSA) is 80.0 Å². The fourth-order valence-electron chi connectivity index (χ4n) is 2.55. The molecule has 0 aliphatic carbocycles. The van der Waals surface area contributed by atoms with E-state index in [0.29, 0.717) is 30.5 Å². The molecule has 2 N–H and O–H groups in total. The summed E-state index contributed by atoms with van der Waals surface area (Å²) in [7, 11) is 0. The van der Waals surface area contributed by atoms with Crippen molar-refractivity contribution >= 4 is 33.2 Å². The SMILES string of the molecule is O=C(CCc1nc(-c2cc(Br)cs2)no1)NCC1CCCNC1. The average molecular weight is 399 g/mol. The van der Waals surface area contributed by atoms with Crippen molar-refractivity contribution in [3.05, 3.63) is 21.8 Å². The Labute approximate surface area is 147 Å². The van der Waals surface area contributed by atoms with Crippen molar-refractivity contribution in [2.75, 3.05) is 19.6 Å². The molecule has 124 valence electrons. The number of halogens is 1. The van der Waals surface area contributed by atoms with Gasteiger partial charge in [-0.15, -0.1) is 11.3 Å². The first-order valence-corrected chi connectivity index (χ1v) is 9.42. The van der Waals surface area contributed by atoms with Gasteiger partial charge in [0.15, 0.2) is 0 Å². The third kappa shape index (κ3) is 4.86. The van der Waals surface area contributed by atoms with Gasteiger partial charge in [0.25, 0.3) is 0 Å². The lowest BCUT2D eigenvalue weighted by molar-refractivity contribution is -0.121. The van der Waals surface area contributed by atoms with Crippen molar-refractivity contribution in [3.8, 4) is 10.7 Å². The number of carbonyl (C=O) groups is 1. The second kappa shape index (κ2) is 8.03. The van der Waals surface area contributed by atoms with Crippen LogP contribution in [-0.4, -0.2) is 35.7 Å². The molecule has 1 unspecified atom stereocenters. The quantitative estimate of drug-likeness (QED) is 0.781. The molecule has 8 heteroatoms. The zero-order valence-corrected chi connectivity index (χ0v) is 15.1. The minimum Gasteiger partial charge on any atom is -0.356 e. The first-order valence-electron chi connectivity index (χ1n) is 7.75. The first-order chi connectivity index (χ1) is 11.2. The van der Waals surface area contributed by atoms with Crippen LogP contribution in [0.1, 0.15) is 25.2 Å². The van der Waals surface area contributed by atoms with Crippen molar-refractivity contribution in [2.45, 2.75) is 25.7 Å².